The molecular formula is C17H12BrN7O. The molecular weight excluding hydrogens is 398 g/mol. The highest BCUT2D eigenvalue weighted by atomic mass is 79.9. The minimum Gasteiger partial charge on any atom is -0.271 e. The monoisotopic (exact) mass is 409 g/mol. The van der Waals surface area contributed by atoms with Crippen molar-refractivity contribution in [2.45, 2.75) is 6.54 Å². The van der Waals surface area contributed by atoms with Crippen LogP contribution in [-0.4, -0.2) is 32.3 Å². The van der Waals surface area contributed by atoms with Crippen LogP contribution in [0, 0.1) is 11.3 Å². The van der Waals surface area contributed by atoms with Crippen LogP contribution in [0.3, 0.4) is 0 Å². The van der Waals surface area contributed by atoms with Gasteiger partial charge in [0, 0.05) is 10.0 Å². The highest BCUT2D eigenvalue weighted by Crippen LogP contribution is 2.18. The normalized spacial score (nSPS) is 10.6. The zero-order valence-corrected chi connectivity index (χ0v) is 15.0. The van der Waals surface area contributed by atoms with E-state index in [1.165, 1.54) is 6.21 Å². The molecule has 0 saturated carbocycles. The fourth-order valence-electron chi connectivity index (χ4n) is 2.09. The van der Waals surface area contributed by atoms with E-state index in [9.17, 15) is 4.79 Å². The van der Waals surface area contributed by atoms with Gasteiger partial charge in [-0.05, 0) is 35.0 Å². The van der Waals surface area contributed by atoms with Crippen LogP contribution in [-0.2, 0) is 11.3 Å². The Morgan fingerprint density at radius 3 is 2.81 bits per heavy atom. The second kappa shape index (κ2) is 8.13. The zero-order chi connectivity index (χ0) is 18.4. The Morgan fingerprint density at radius 1 is 1.27 bits per heavy atom. The van der Waals surface area contributed by atoms with Crippen molar-refractivity contribution in [1.29, 1.82) is 5.26 Å². The Hall–Kier alpha value is -3.38. The van der Waals surface area contributed by atoms with Gasteiger partial charge in [-0.1, -0.05) is 40.2 Å². The number of halogens is 1. The zero-order valence-electron chi connectivity index (χ0n) is 13.4. The van der Waals surface area contributed by atoms with Gasteiger partial charge in [0.05, 0.1) is 17.8 Å². The Balaban J connectivity index is 1.61. The van der Waals surface area contributed by atoms with Gasteiger partial charge in [-0.3, -0.25) is 4.79 Å². The molecule has 1 aromatic heterocycles. The summed E-state index contributed by atoms with van der Waals surface area (Å²) in [5.41, 5.74) is 4.26. The van der Waals surface area contributed by atoms with Gasteiger partial charge in [0.1, 0.15) is 6.54 Å². The summed E-state index contributed by atoms with van der Waals surface area (Å²) < 4.78 is 0.963. The van der Waals surface area contributed by atoms with Crippen molar-refractivity contribution in [2.75, 3.05) is 0 Å². The van der Waals surface area contributed by atoms with E-state index >= 15 is 0 Å². The van der Waals surface area contributed by atoms with Crippen LogP contribution in [0.15, 0.2) is 58.1 Å². The molecule has 0 atom stereocenters. The summed E-state index contributed by atoms with van der Waals surface area (Å²) in [7, 11) is 0. The van der Waals surface area contributed by atoms with Crippen molar-refractivity contribution in [2.24, 2.45) is 5.10 Å². The van der Waals surface area contributed by atoms with Crippen molar-refractivity contribution in [3.63, 3.8) is 0 Å². The molecule has 3 rings (SSSR count). The van der Waals surface area contributed by atoms with E-state index in [2.05, 4.69) is 47.9 Å². The molecule has 0 aliphatic heterocycles. The fraction of sp³-hybridized carbons (Fsp3) is 0.0588. The average Bonchev–Trinajstić information content (AvgIpc) is 3.11. The number of tetrazole rings is 1. The SMILES string of the molecule is N#Cc1ccccc1-c1nnn(CC(=O)N/N=C\c2ccc(Br)cc2)n1. The van der Waals surface area contributed by atoms with Gasteiger partial charge in [0.25, 0.3) is 5.91 Å². The van der Waals surface area contributed by atoms with Crippen LogP contribution >= 0.6 is 15.9 Å². The number of hydrogen-bond acceptors (Lipinski definition) is 6. The molecule has 128 valence electrons. The molecule has 9 heteroatoms. The van der Waals surface area contributed by atoms with Crippen LogP contribution in [0.5, 0.6) is 0 Å². The molecule has 26 heavy (non-hydrogen) atoms. The van der Waals surface area contributed by atoms with E-state index in [0.717, 1.165) is 14.8 Å². The van der Waals surface area contributed by atoms with Gasteiger partial charge in [0.15, 0.2) is 0 Å². The quantitative estimate of drug-likeness (QED) is 0.512. The van der Waals surface area contributed by atoms with E-state index in [4.69, 9.17) is 5.26 Å². The molecule has 0 spiro atoms. The van der Waals surface area contributed by atoms with Gasteiger partial charge in [0.2, 0.25) is 5.82 Å². The van der Waals surface area contributed by atoms with Gasteiger partial charge < -0.3 is 0 Å². The average molecular weight is 410 g/mol. The summed E-state index contributed by atoms with van der Waals surface area (Å²) in [6.07, 6.45) is 1.54. The second-order valence-corrected chi connectivity index (χ2v) is 6.06. The number of benzene rings is 2. The molecule has 1 amide bonds. The van der Waals surface area contributed by atoms with Crippen LogP contribution in [0.2, 0.25) is 0 Å². The van der Waals surface area contributed by atoms with Crippen LogP contribution in [0.1, 0.15) is 11.1 Å². The fourth-order valence-corrected chi connectivity index (χ4v) is 2.35. The third-order valence-electron chi connectivity index (χ3n) is 3.30. The maximum Gasteiger partial charge on any atom is 0.263 e. The number of nitriles is 1. The molecule has 1 heterocycles. The maximum absolute atomic E-state index is 11.9. The van der Waals surface area contributed by atoms with Crippen molar-refractivity contribution < 1.29 is 4.79 Å². The Kier molecular flexibility index (Phi) is 5.46. The van der Waals surface area contributed by atoms with Gasteiger partial charge >= 0.3 is 0 Å². The maximum atomic E-state index is 11.9. The molecule has 2 aromatic carbocycles. The summed E-state index contributed by atoms with van der Waals surface area (Å²) in [5.74, 6) is -0.107. The topological polar surface area (TPSA) is 109 Å². The Labute approximate surface area is 157 Å². The molecule has 0 saturated heterocycles. The summed E-state index contributed by atoms with van der Waals surface area (Å²) in [4.78, 5) is 13.1. The summed E-state index contributed by atoms with van der Waals surface area (Å²) in [6.45, 7) is -0.139. The van der Waals surface area contributed by atoms with E-state index < -0.39 is 5.91 Å². The first-order valence-electron chi connectivity index (χ1n) is 7.50. The number of rotatable bonds is 5. The molecule has 3 aromatic rings. The summed E-state index contributed by atoms with van der Waals surface area (Å²) in [5, 5.41) is 24.9. The van der Waals surface area contributed by atoms with Gasteiger partial charge in [-0.25, -0.2) is 5.43 Å². The number of carbonyl (C=O) groups is 1. The number of nitrogens with zero attached hydrogens (tertiary/aromatic N) is 6. The molecule has 0 aliphatic rings. The standard InChI is InChI=1S/C17H12BrN7O/c18-14-7-5-12(6-8-14)10-20-21-16(26)11-25-23-17(22-24-25)15-4-2-1-3-13(15)9-19/h1-8,10H,11H2,(H,21,26)/b20-10-. The first-order valence-corrected chi connectivity index (χ1v) is 8.30. The molecule has 0 unspecified atom stereocenters. The molecule has 1 N–H and O–H groups in total. The Morgan fingerprint density at radius 2 is 2.04 bits per heavy atom. The number of hydrogen-bond donors (Lipinski definition) is 1. The predicted molar refractivity (Wildman–Crippen MR) is 97.8 cm³/mol. The minimum absolute atomic E-state index is 0.139. The number of aromatic nitrogens is 4. The number of hydrazone groups is 1. The number of carbonyl (C=O) groups excluding carboxylic acids is 1. The highest BCUT2D eigenvalue weighted by Gasteiger charge is 2.11. The summed E-state index contributed by atoms with van der Waals surface area (Å²) >= 11 is 3.35. The van der Waals surface area contributed by atoms with Crippen LogP contribution in [0.4, 0.5) is 0 Å². The number of amides is 1. The van der Waals surface area contributed by atoms with E-state index in [0.29, 0.717) is 11.1 Å². The van der Waals surface area contributed by atoms with Crippen LogP contribution in [0.25, 0.3) is 11.4 Å². The molecule has 0 fully saturated rings. The lowest BCUT2D eigenvalue weighted by molar-refractivity contribution is -0.122. The smallest absolute Gasteiger partial charge is 0.263 e. The van der Waals surface area contributed by atoms with E-state index in [1.807, 2.05) is 24.3 Å². The third kappa shape index (κ3) is 4.37. The lowest BCUT2D eigenvalue weighted by Crippen LogP contribution is -2.24. The van der Waals surface area contributed by atoms with E-state index in [-0.39, 0.29) is 12.4 Å². The van der Waals surface area contributed by atoms with Crippen molar-refractivity contribution in [3.05, 3.63) is 64.1 Å². The minimum atomic E-state index is -0.393. The largest absolute Gasteiger partial charge is 0.271 e. The first kappa shape index (κ1) is 17.4. The third-order valence-corrected chi connectivity index (χ3v) is 3.83. The first-order chi connectivity index (χ1) is 12.7. The lowest BCUT2D eigenvalue weighted by Gasteiger charge is -1.99. The molecule has 8 nitrogen and oxygen atoms in total. The molecule has 0 radical (unpaired) electrons. The lowest BCUT2D eigenvalue weighted by atomic mass is 10.1. The summed E-state index contributed by atoms with van der Waals surface area (Å²) in [6, 6.07) is 16.5. The van der Waals surface area contributed by atoms with Crippen LogP contribution < -0.4 is 5.43 Å². The van der Waals surface area contributed by atoms with E-state index in [1.54, 1.807) is 24.3 Å². The van der Waals surface area contributed by atoms with Gasteiger partial charge in [-0.15, -0.1) is 10.2 Å². The van der Waals surface area contributed by atoms with Crippen molar-refractivity contribution >= 4 is 28.1 Å². The van der Waals surface area contributed by atoms with Crippen molar-refractivity contribution in [3.8, 4) is 17.5 Å². The number of nitrogens with one attached hydrogen (secondary N) is 1. The second-order valence-electron chi connectivity index (χ2n) is 5.15. The molecule has 0 aliphatic carbocycles. The van der Waals surface area contributed by atoms with Crippen molar-refractivity contribution in [1.82, 2.24) is 25.6 Å². The molecule has 0 bridgehead atoms. The predicted octanol–water partition coefficient (Wildman–Crippen LogP) is 2.12. The van der Waals surface area contributed by atoms with Gasteiger partial charge in [-0.2, -0.15) is 15.2 Å². The Bertz CT molecular complexity index is 989. The highest BCUT2D eigenvalue weighted by molar-refractivity contribution is 9.10.